The van der Waals surface area contributed by atoms with Gasteiger partial charge in [0, 0.05) is 28.5 Å². The summed E-state index contributed by atoms with van der Waals surface area (Å²) >= 11 is 7.90. The molecule has 0 aromatic heterocycles. The van der Waals surface area contributed by atoms with Crippen molar-refractivity contribution in [2.45, 2.75) is 0 Å². The summed E-state index contributed by atoms with van der Waals surface area (Å²) in [6.45, 7) is 1.60. The summed E-state index contributed by atoms with van der Waals surface area (Å²) in [5.41, 5.74) is 0.797. The Bertz CT molecular complexity index is 377. The topological polar surface area (TPSA) is 20.3 Å². The largest absolute Gasteiger partial charge is 0.338 e. The van der Waals surface area contributed by atoms with E-state index in [0.29, 0.717) is 11.8 Å². The first-order valence-electron chi connectivity index (χ1n) is 4.82. The molecule has 0 N–H and O–H groups in total. The van der Waals surface area contributed by atoms with Gasteiger partial charge in [0.1, 0.15) is 0 Å². The van der Waals surface area contributed by atoms with Gasteiger partial charge in [-0.15, -0.1) is 11.6 Å². The van der Waals surface area contributed by atoms with E-state index in [-0.39, 0.29) is 5.91 Å². The summed E-state index contributed by atoms with van der Waals surface area (Å²) in [5.74, 6) is 1.26. The first-order chi connectivity index (χ1) is 7.22. The molecular formula is C11H11ClINO. The lowest BCUT2D eigenvalue weighted by atomic mass is 10.0. The zero-order valence-corrected chi connectivity index (χ0v) is 11.0. The summed E-state index contributed by atoms with van der Waals surface area (Å²) in [4.78, 5) is 13.8. The minimum absolute atomic E-state index is 0.126. The van der Waals surface area contributed by atoms with E-state index in [1.54, 1.807) is 0 Å². The molecule has 0 unspecified atom stereocenters. The first-order valence-corrected chi connectivity index (χ1v) is 6.43. The highest BCUT2D eigenvalue weighted by atomic mass is 127. The molecule has 1 aromatic carbocycles. The van der Waals surface area contributed by atoms with E-state index in [0.717, 1.165) is 22.2 Å². The number of nitrogens with zero attached hydrogens (tertiary/aromatic N) is 1. The quantitative estimate of drug-likeness (QED) is 0.601. The average Bonchev–Trinajstić information content (AvgIpc) is 2.16. The fourth-order valence-electron chi connectivity index (χ4n) is 1.64. The van der Waals surface area contributed by atoms with Crippen LogP contribution in [0, 0.1) is 9.49 Å². The second-order valence-electron chi connectivity index (χ2n) is 3.71. The van der Waals surface area contributed by atoms with E-state index in [1.807, 2.05) is 29.2 Å². The van der Waals surface area contributed by atoms with E-state index in [9.17, 15) is 4.79 Å². The van der Waals surface area contributed by atoms with Crippen molar-refractivity contribution >= 4 is 40.1 Å². The number of halogens is 2. The third-order valence-electron chi connectivity index (χ3n) is 2.57. The van der Waals surface area contributed by atoms with E-state index >= 15 is 0 Å². The molecule has 2 nitrogen and oxygen atoms in total. The number of benzene rings is 1. The molecule has 0 bridgehead atoms. The molecule has 1 aromatic rings. The molecule has 0 radical (unpaired) electrons. The number of hydrogen-bond acceptors (Lipinski definition) is 1. The number of likely N-dealkylation sites (tertiary alicyclic amines) is 1. The molecule has 80 valence electrons. The van der Waals surface area contributed by atoms with Crippen molar-refractivity contribution in [3.8, 4) is 0 Å². The van der Waals surface area contributed by atoms with Gasteiger partial charge in [0.2, 0.25) is 0 Å². The Labute approximate surface area is 108 Å². The van der Waals surface area contributed by atoms with Crippen molar-refractivity contribution in [2.24, 2.45) is 5.92 Å². The maximum absolute atomic E-state index is 12.0. The van der Waals surface area contributed by atoms with Crippen LogP contribution < -0.4 is 0 Å². The van der Waals surface area contributed by atoms with E-state index in [1.165, 1.54) is 0 Å². The van der Waals surface area contributed by atoms with Crippen molar-refractivity contribution in [3.63, 3.8) is 0 Å². The summed E-state index contributed by atoms with van der Waals surface area (Å²) in [6, 6.07) is 7.66. The molecule has 1 fully saturated rings. The molecule has 4 heteroatoms. The van der Waals surface area contributed by atoms with Gasteiger partial charge < -0.3 is 4.90 Å². The van der Waals surface area contributed by atoms with Gasteiger partial charge in [-0.2, -0.15) is 0 Å². The third-order valence-corrected chi connectivity index (χ3v) is 3.94. The van der Waals surface area contributed by atoms with Gasteiger partial charge >= 0.3 is 0 Å². The van der Waals surface area contributed by atoms with Crippen molar-refractivity contribution in [3.05, 3.63) is 33.4 Å². The molecule has 1 heterocycles. The maximum atomic E-state index is 12.0. The number of carbonyl (C=O) groups is 1. The monoisotopic (exact) mass is 335 g/mol. The van der Waals surface area contributed by atoms with Crippen molar-refractivity contribution in [1.29, 1.82) is 0 Å². The number of carbonyl (C=O) groups excluding carboxylic acids is 1. The Morgan fingerprint density at radius 2 is 2.13 bits per heavy atom. The molecule has 1 aliphatic rings. The highest BCUT2D eigenvalue weighted by molar-refractivity contribution is 14.1. The van der Waals surface area contributed by atoms with Crippen LogP contribution in [0.4, 0.5) is 0 Å². The third kappa shape index (κ3) is 2.28. The minimum Gasteiger partial charge on any atom is -0.338 e. The first kappa shape index (κ1) is 11.2. The summed E-state index contributed by atoms with van der Waals surface area (Å²) in [6.07, 6.45) is 0. The van der Waals surface area contributed by atoms with Crippen LogP contribution in [0.5, 0.6) is 0 Å². The predicted octanol–water partition coefficient (Wildman–Crippen LogP) is 2.60. The standard InChI is InChI=1S/C11H11ClINO/c12-5-8-6-14(7-8)11(15)9-3-1-2-4-10(9)13/h1-4,8H,5-7H2. The van der Waals surface area contributed by atoms with Crippen molar-refractivity contribution < 1.29 is 4.79 Å². The van der Waals surface area contributed by atoms with Crippen LogP contribution in [-0.4, -0.2) is 29.8 Å². The molecule has 0 atom stereocenters. The maximum Gasteiger partial charge on any atom is 0.254 e. The van der Waals surface area contributed by atoms with E-state index in [2.05, 4.69) is 22.6 Å². The fourth-order valence-corrected chi connectivity index (χ4v) is 2.45. The second kappa shape index (κ2) is 4.70. The normalized spacial score (nSPS) is 16.3. The number of rotatable bonds is 2. The van der Waals surface area contributed by atoms with Gasteiger partial charge in [0.25, 0.3) is 5.91 Å². The summed E-state index contributed by atoms with van der Waals surface area (Å²) in [5, 5.41) is 0. The Hall–Kier alpha value is -0.290. The highest BCUT2D eigenvalue weighted by Gasteiger charge is 2.30. The van der Waals surface area contributed by atoms with Gasteiger partial charge in [-0.05, 0) is 34.7 Å². The molecule has 2 rings (SSSR count). The lowest BCUT2D eigenvalue weighted by molar-refractivity contribution is 0.0534. The summed E-state index contributed by atoms with van der Waals surface area (Å²) in [7, 11) is 0. The molecule has 1 saturated heterocycles. The van der Waals surface area contributed by atoms with Crippen molar-refractivity contribution in [2.75, 3.05) is 19.0 Å². The molecular weight excluding hydrogens is 324 g/mol. The van der Waals surface area contributed by atoms with Crippen LogP contribution in [0.15, 0.2) is 24.3 Å². The van der Waals surface area contributed by atoms with Crippen LogP contribution in [0.3, 0.4) is 0 Å². The molecule has 15 heavy (non-hydrogen) atoms. The van der Waals surface area contributed by atoms with Crippen LogP contribution in [0.1, 0.15) is 10.4 Å². The second-order valence-corrected chi connectivity index (χ2v) is 5.18. The lowest BCUT2D eigenvalue weighted by Gasteiger charge is -2.38. The minimum atomic E-state index is 0.126. The number of amides is 1. The van der Waals surface area contributed by atoms with E-state index in [4.69, 9.17) is 11.6 Å². The molecule has 1 aliphatic heterocycles. The van der Waals surface area contributed by atoms with Gasteiger partial charge in [-0.3, -0.25) is 4.79 Å². The van der Waals surface area contributed by atoms with Gasteiger partial charge in [0.15, 0.2) is 0 Å². The summed E-state index contributed by atoms with van der Waals surface area (Å²) < 4.78 is 1.01. The predicted molar refractivity (Wildman–Crippen MR) is 69.3 cm³/mol. The number of alkyl halides is 1. The Morgan fingerprint density at radius 1 is 1.47 bits per heavy atom. The van der Waals surface area contributed by atoms with E-state index < -0.39 is 0 Å². The zero-order valence-electron chi connectivity index (χ0n) is 8.12. The average molecular weight is 336 g/mol. The SMILES string of the molecule is O=C(c1ccccc1I)N1CC(CCl)C1. The number of hydrogen-bond donors (Lipinski definition) is 0. The van der Waals surface area contributed by atoms with Crippen LogP contribution in [-0.2, 0) is 0 Å². The van der Waals surface area contributed by atoms with Crippen molar-refractivity contribution in [1.82, 2.24) is 4.90 Å². The van der Waals surface area contributed by atoms with Gasteiger partial charge in [-0.25, -0.2) is 0 Å². The zero-order chi connectivity index (χ0) is 10.8. The highest BCUT2D eigenvalue weighted by Crippen LogP contribution is 2.21. The van der Waals surface area contributed by atoms with Gasteiger partial charge in [0.05, 0.1) is 5.56 Å². The lowest BCUT2D eigenvalue weighted by Crippen LogP contribution is -2.50. The van der Waals surface area contributed by atoms with Crippen LogP contribution in [0.2, 0.25) is 0 Å². The van der Waals surface area contributed by atoms with Crippen LogP contribution >= 0.6 is 34.2 Å². The molecule has 0 saturated carbocycles. The molecule has 1 amide bonds. The fraction of sp³-hybridized carbons (Fsp3) is 0.364. The smallest absolute Gasteiger partial charge is 0.254 e. The Balaban J connectivity index is 2.07. The molecule has 0 aliphatic carbocycles. The Morgan fingerprint density at radius 3 is 2.73 bits per heavy atom. The molecule has 0 spiro atoms. The van der Waals surface area contributed by atoms with Crippen LogP contribution in [0.25, 0.3) is 0 Å². The Kier molecular flexibility index (Phi) is 3.51. The van der Waals surface area contributed by atoms with Gasteiger partial charge in [-0.1, -0.05) is 12.1 Å².